The summed E-state index contributed by atoms with van der Waals surface area (Å²) in [6, 6.07) is 7.93. The van der Waals surface area contributed by atoms with E-state index in [9.17, 15) is 0 Å². The van der Waals surface area contributed by atoms with Gasteiger partial charge in [0.2, 0.25) is 0 Å². The van der Waals surface area contributed by atoms with Crippen molar-refractivity contribution >= 4 is 33.2 Å². The van der Waals surface area contributed by atoms with E-state index < -0.39 is 0 Å². The number of halogens is 1. The number of nitrogens with one attached hydrogen (secondary N) is 1. The van der Waals surface area contributed by atoms with Crippen LogP contribution in [0.5, 0.6) is 0 Å². The number of hydrogen-bond donors (Lipinski definition) is 1. The summed E-state index contributed by atoms with van der Waals surface area (Å²) in [4.78, 5) is 9.17. The van der Waals surface area contributed by atoms with Gasteiger partial charge in [0.05, 0.1) is 10.7 Å². The molecule has 0 amide bonds. The maximum absolute atomic E-state index is 4.82. The van der Waals surface area contributed by atoms with Crippen LogP contribution in [0.3, 0.4) is 0 Å². The lowest BCUT2D eigenvalue weighted by atomic mass is 9.86. The molecule has 1 saturated carbocycles. The summed E-state index contributed by atoms with van der Waals surface area (Å²) in [6.07, 6.45) is 11.3. The minimum atomic E-state index is 0.748. The number of fused-ring (bicyclic) bond motifs is 1. The molecule has 0 radical (unpaired) electrons. The maximum Gasteiger partial charge on any atom is 0.171 e. The smallest absolute Gasteiger partial charge is 0.171 e. The largest absolute Gasteiger partial charge is 0.325 e. The first-order valence-corrected chi connectivity index (χ1v) is 9.30. The van der Waals surface area contributed by atoms with Crippen molar-refractivity contribution in [1.29, 1.82) is 0 Å². The van der Waals surface area contributed by atoms with Gasteiger partial charge in [-0.1, -0.05) is 38.2 Å². The molecule has 1 N–H and O–H groups in total. The van der Waals surface area contributed by atoms with Crippen LogP contribution in [0.4, 0.5) is 11.6 Å². The van der Waals surface area contributed by atoms with Gasteiger partial charge >= 0.3 is 0 Å². The number of anilines is 2. The number of nitrogens with zero attached hydrogens (tertiary/aromatic N) is 4. The molecular formula is C18H20BrN5. The van der Waals surface area contributed by atoms with E-state index in [1.54, 1.807) is 12.4 Å². The molecule has 0 unspecified atom stereocenters. The second-order valence-electron chi connectivity index (χ2n) is 6.41. The number of hydrogen-bond acceptors (Lipinski definition) is 4. The minimum absolute atomic E-state index is 0.748. The van der Waals surface area contributed by atoms with Gasteiger partial charge in [-0.15, -0.1) is 0 Å². The molecule has 6 heteroatoms. The Morgan fingerprint density at radius 2 is 2.08 bits per heavy atom. The van der Waals surface area contributed by atoms with Gasteiger partial charge in [0.1, 0.15) is 11.6 Å². The van der Waals surface area contributed by atoms with Gasteiger partial charge < -0.3 is 5.32 Å². The monoisotopic (exact) mass is 385 g/mol. The summed E-state index contributed by atoms with van der Waals surface area (Å²) in [5.74, 6) is 2.45. The molecule has 0 aromatic carbocycles. The van der Waals surface area contributed by atoms with E-state index in [0.29, 0.717) is 0 Å². The highest BCUT2D eigenvalue weighted by molar-refractivity contribution is 9.10. The van der Waals surface area contributed by atoms with Crippen LogP contribution in [0.15, 0.2) is 41.1 Å². The summed E-state index contributed by atoms with van der Waals surface area (Å²) in [6.45, 7) is 0. The second kappa shape index (κ2) is 6.89. The molecule has 4 rings (SSSR count). The van der Waals surface area contributed by atoms with Gasteiger partial charge in [0.25, 0.3) is 0 Å². The Balaban J connectivity index is 1.68. The highest BCUT2D eigenvalue weighted by atomic mass is 79.9. The Bertz CT molecular complexity index is 824. The summed E-state index contributed by atoms with van der Waals surface area (Å²) in [5.41, 5.74) is 1.97. The van der Waals surface area contributed by atoms with E-state index in [-0.39, 0.29) is 0 Å². The van der Waals surface area contributed by atoms with Crippen LogP contribution in [0.1, 0.15) is 37.8 Å². The normalized spacial score (nSPS) is 15.7. The summed E-state index contributed by atoms with van der Waals surface area (Å²) < 4.78 is 2.74. The number of aromatic nitrogens is 4. The van der Waals surface area contributed by atoms with Crippen molar-refractivity contribution in [2.24, 2.45) is 5.92 Å². The van der Waals surface area contributed by atoms with Crippen LogP contribution in [-0.2, 0) is 6.42 Å². The molecular weight excluding hydrogens is 366 g/mol. The van der Waals surface area contributed by atoms with Crippen molar-refractivity contribution in [3.63, 3.8) is 0 Å². The first-order chi connectivity index (χ1) is 11.8. The molecule has 24 heavy (non-hydrogen) atoms. The van der Waals surface area contributed by atoms with Gasteiger partial charge in [-0.25, -0.2) is 9.97 Å². The Labute approximate surface area is 149 Å². The molecule has 5 nitrogen and oxygen atoms in total. The van der Waals surface area contributed by atoms with Crippen LogP contribution >= 0.6 is 15.9 Å². The first kappa shape index (κ1) is 15.6. The van der Waals surface area contributed by atoms with E-state index >= 15 is 0 Å². The van der Waals surface area contributed by atoms with Gasteiger partial charge in [-0.3, -0.25) is 0 Å². The average molecular weight is 386 g/mol. The number of pyridine rings is 1. The third kappa shape index (κ3) is 3.29. The van der Waals surface area contributed by atoms with Crippen molar-refractivity contribution in [2.45, 2.75) is 38.5 Å². The molecule has 0 atom stereocenters. The minimum Gasteiger partial charge on any atom is -0.325 e. The average Bonchev–Trinajstić information content (AvgIpc) is 2.98. The Hall–Kier alpha value is -1.95. The van der Waals surface area contributed by atoms with Gasteiger partial charge in [-0.05, 0) is 40.4 Å². The van der Waals surface area contributed by atoms with Crippen LogP contribution in [0.25, 0.3) is 5.65 Å². The molecule has 3 aromatic rings. The molecule has 3 heterocycles. The first-order valence-electron chi connectivity index (χ1n) is 8.51. The standard InChI is InChI=1S/C18H20BrN5/c19-15-12-21-24-17(23-16-8-4-5-9-20-16)11-14(22-18(15)24)10-13-6-2-1-3-7-13/h4-5,8-9,11-13H,1-3,6-7,10H2,(H,20,23). The van der Waals surface area contributed by atoms with Crippen molar-refractivity contribution in [1.82, 2.24) is 19.6 Å². The Kier molecular flexibility index (Phi) is 4.47. The fourth-order valence-corrected chi connectivity index (χ4v) is 3.78. The zero-order valence-electron chi connectivity index (χ0n) is 13.5. The van der Waals surface area contributed by atoms with Crippen LogP contribution in [0.2, 0.25) is 0 Å². The van der Waals surface area contributed by atoms with E-state index in [1.165, 1.54) is 32.1 Å². The third-order valence-corrected chi connectivity index (χ3v) is 5.18. The molecule has 0 bridgehead atoms. The summed E-state index contributed by atoms with van der Waals surface area (Å²) >= 11 is 3.56. The molecule has 124 valence electrons. The zero-order valence-corrected chi connectivity index (χ0v) is 15.0. The molecule has 0 aliphatic heterocycles. The third-order valence-electron chi connectivity index (χ3n) is 4.63. The van der Waals surface area contributed by atoms with E-state index in [4.69, 9.17) is 4.98 Å². The zero-order chi connectivity index (χ0) is 16.4. The molecule has 3 aromatic heterocycles. The Morgan fingerprint density at radius 3 is 2.88 bits per heavy atom. The van der Waals surface area contributed by atoms with Crippen molar-refractivity contribution in [3.05, 3.63) is 46.8 Å². The lowest BCUT2D eigenvalue weighted by Gasteiger charge is -2.21. The summed E-state index contributed by atoms with van der Waals surface area (Å²) in [5, 5.41) is 7.79. The van der Waals surface area contributed by atoms with E-state index in [2.05, 4.69) is 37.4 Å². The lowest BCUT2D eigenvalue weighted by Crippen LogP contribution is -2.12. The molecule has 1 fully saturated rings. The molecule has 1 aliphatic carbocycles. The van der Waals surface area contributed by atoms with Crippen molar-refractivity contribution < 1.29 is 0 Å². The van der Waals surface area contributed by atoms with Crippen LogP contribution < -0.4 is 5.32 Å². The second-order valence-corrected chi connectivity index (χ2v) is 7.26. The highest BCUT2D eigenvalue weighted by Gasteiger charge is 2.17. The van der Waals surface area contributed by atoms with Crippen LogP contribution in [0, 0.1) is 5.92 Å². The topological polar surface area (TPSA) is 55.1 Å². The molecule has 0 saturated heterocycles. The fraction of sp³-hybridized carbons (Fsp3) is 0.389. The predicted octanol–water partition coefficient (Wildman–Crippen LogP) is 4.75. The quantitative estimate of drug-likeness (QED) is 0.703. The maximum atomic E-state index is 4.82. The van der Waals surface area contributed by atoms with Crippen molar-refractivity contribution in [3.8, 4) is 0 Å². The van der Waals surface area contributed by atoms with Crippen molar-refractivity contribution in [2.75, 3.05) is 5.32 Å². The Morgan fingerprint density at radius 1 is 1.21 bits per heavy atom. The van der Waals surface area contributed by atoms with Gasteiger partial charge in [0.15, 0.2) is 5.65 Å². The molecule has 1 aliphatic rings. The molecule has 0 spiro atoms. The summed E-state index contributed by atoms with van der Waals surface area (Å²) in [7, 11) is 0. The van der Waals surface area contributed by atoms with Crippen LogP contribution in [-0.4, -0.2) is 19.6 Å². The van der Waals surface area contributed by atoms with Gasteiger partial charge in [0, 0.05) is 18.0 Å². The van der Waals surface area contributed by atoms with E-state index in [0.717, 1.165) is 39.8 Å². The number of rotatable bonds is 4. The predicted molar refractivity (Wildman–Crippen MR) is 98.5 cm³/mol. The highest BCUT2D eigenvalue weighted by Crippen LogP contribution is 2.28. The van der Waals surface area contributed by atoms with E-state index in [1.807, 2.05) is 22.7 Å². The fourth-order valence-electron chi connectivity index (χ4n) is 3.43. The van der Waals surface area contributed by atoms with Gasteiger partial charge in [-0.2, -0.15) is 9.61 Å². The lowest BCUT2D eigenvalue weighted by molar-refractivity contribution is 0.354. The SMILES string of the molecule is Brc1cnn2c(Nc3ccccn3)cc(CC3CCCCC3)nc12.